The van der Waals surface area contributed by atoms with Crippen molar-refractivity contribution in [2.75, 3.05) is 6.54 Å². The highest BCUT2D eigenvalue weighted by Crippen LogP contribution is 2.17. The van der Waals surface area contributed by atoms with E-state index < -0.39 is 30.6 Å². The van der Waals surface area contributed by atoms with E-state index in [1.807, 2.05) is 0 Å². The van der Waals surface area contributed by atoms with Crippen LogP contribution in [0.3, 0.4) is 0 Å². The highest BCUT2D eigenvalue weighted by molar-refractivity contribution is 4.91. The van der Waals surface area contributed by atoms with Crippen molar-refractivity contribution >= 4 is 0 Å². The highest BCUT2D eigenvalue weighted by atomic mass is 16.6. The quantitative estimate of drug-likeness (QED) is 0.287. The van der Waals surface area contributed by atoms with Gasteiger partial charge in [0.2, 0.25) is 0 Å². The lowest BCUT2D eigenvalue weighted by Crippen LogP contribution is -2.62. The summed E-state index contributed by atoms with van der Waals surface area (Å²) in [7, 11) is 0. The third-order valence-corrected chi connectivity index (χ3v) is 2.01. The Hall–Kier alpha value is -0.240. The zero-order valence-electron chi connectivity index (χ0n) is 6.50. The average Bonchev–Trinajstić information content (AvgIpc) is 2.08. The summed E-state index contributed by atoms with van der Waals surface area (Å²) in [6.07, 6.45) is -4.37. The van der Waals surface area contributed by atoms with Crippen molar-refractivity contribution in [2.24, 2.45) is 11.5 Å². The van der Waals surface area contributed by atoms with Crippen molar-refractivity contribution in [1.82, 2.24) is 0 Å². The van der Waals surface area contributed by atoms with E-state index in [1.165, 1.54) is 0 Å². The van der Waals surface area contributed by atoms with Crippen LogP contribution in [0.1, 0.15) is 0 Å². The van der Waals surface area contributed by atoms with Gasteiger partial charge in [0.15, 0.2) is 6.29 Å². The predicted molar refractivity (Wildman–Crippen MR) is 39.9 cm³/mol. The lowest BCUT2D eigenvalue weighted by atomic mass is 9.97. The molecule has 5 atom stereocenters. The highest BCUT2D eigenvalue weighted by Gasteiger charge is 2.40. The molecule has 0 aromatic rings. The van der Waals surface area contributed by atoms with Gasteiger partial charge in [-0.05, 0) is 0 Å². The van der Waals surface area contributed by atoms with Gasteiger partial charge < -0.3 is 31.5 Å². The third-order valence-electron chi connectivity index (χ3n) is 2.01. The number of hydrogen-bond acceptors (Lipinski definition) is 6. The minimum absolute atomic E-state index is 0.0542. The minimum Gasteiger partial charge on any atom is -0.389 e. The molecule has 0 aromatic carbocycles. The van der Waals surface area contributed by atoms with Crippen molar-refractivity contribution in [1.29, 1.82) is 0 Å². The molecule has 1 saturated heterocycles. The summed E-state index contributed by atoms with van der Waals surface area (Å²) in [6, 6.07) is -0.915. The monoisotopic (exact) mass is 178 g/mol. The van der Waals surface area contributed by atoms with Gasteiger partial charge in [-0.3, -0.25) is 0 Å². The largest absolute Gasteiger partial charge is 0.389 e. The lowest BCUT2D eigenvalue weighted by molar-refractivity contribution is -0.249. The van der Waals surface area contributed by atoms with Gasteiger partial charge in [0.25, 0.3) is 0 Å². The molecule has 7 N–H and O–H groups in total. The first-order valence-electron chi connectivity index (χ1n) is 3.73. The summed E-state index contributed by atoms with van der Waals surface area (Å²) in [6.45, 7) is 0.0542. The van der Waals surface area contributed by atoms with Gasteiger partial charge in [-0.15, -0.1) is 0 Å². The second-order valence-corrected chi connectivity index (χ2v) is 2.86. The van der Waals surface area contributed by atoms with E-state index in [1.54, 1.807) is 0 Å². The molecule has 72 valence electrons. The Balaban J connectivity index is 2.63. The molecule has 0 aliphatic carbocycles. The van der Waals surface area contributed by atoms with Crippen molar-refractivity contribution in [2.45, 2.75) is 30.6 Å². The van der Waals surface area contributed by atoms with Gasteiger partial charge in [-0.2, -0.15) is 0 Å². The summed E-state index contributed by atoms with van der Waals surface area (Å²) in [4.78, 5) is 0. The zero-order chi connectivity index (χ0) is 9.30. The molecule has 0 unspecified atom stereocenters. The third kappa shape index (κ3) is 1.58. The second kappa shape index (κ2) is 3.65. The number of aliphatic hydroxyl groups is 3. The Morgan fingerprint density at radius 1 is 1.17 bits per heavy atom. The van der Waals surface area contributed by atoms with Gasteiger partial charge in [-0.1, -0.05) is 0 Å². The van der Waals surface area contributed by atoms with Gasteiger partial charge in [0.1, 0.15) is 12.2 Å². The van der Waals surface area contributed by atoms with Crippen LogP contribution in [-0.2, 0) is 4.74 Å². The standard InChI is InChI=1S/C6H14N2O4/c7-1-2-4(9)3(8)5(10)6(11)12-2/h2-6,9-11H,1,7-8H2/t2-,3+,4-,5-,6+/m1/s1. The van der Waals surface area contributed by atoms with Crippen LogP contribution in [0, 0.1) is 0 Å². The normalized spacial score (nSPS) is 49.2. The zero-order valence-corrected chi connectivity index (χ0v) is 6.50. The Morgan fingerprint density at radius 3 is 2.25 bits per heavy atom. The number of aliphatic hydroxyl groups excluding tert-OH is 3. The molecule has 0 saturated carbocycles. The van der Waals surface area contributed by atoms with E-state index in [0.29, 0.717) is 0 Å². The number of hydrogen-bond donors (Lipinski definition) is 5. The molecule has 1 aliphatic heterocycles. The van der Waals surface area contributed by atoms with Crippen LogP contribution < -0.4 is 11.5 Å². The van der Waals surface area contributed by atoms with E-state index in [0.717, 1.165) is 0 Å². The van der Waals surface area contributed by atoms with Crippen molar-refractivity contribution in [3.05, 3.63) is 0 Å². The van der Waals surface area contributed by atoms with Crippen LogP contribution in [0.15, 0.2) is 0 Å². The first-order chi connectivity index (χ1) is 5.57. The van der Waals surface area contributed by atoms with E-state index in [-0.39, 0.29) is 6.54 Å². The fraction of sp³-hybridized carbons (Fsp3) is 1.00. The fourth-order valence-corrected chi connectivity index (χ4v) is 1.18. The second-order valence-electron chi connectivity index (χ2n) is 2.86. The smallest absolute Gasteiger partial charge is 0.182 e. The maximum Gasteiger partial charge on any atom is 0.182 e. The van der Waals surface area contributed by atoms with Crippen molar-refractivity contribution in [3.8, 4) is 0 Å². The Bertz CT molecular complexity index is 152. The Morgan fingerprint density at radius 2 is 1.75 bits per heavy atom. The summed E-state index contributed by atoms with van der Waals surface area (Å²) in [5, 5.41) is 27.5. The molecule has 0 spiro atoms. The molecule has 0 aromatic heterocycles. The SMILES string of the molecule is NC[C@H]1O[C@H](O)[C@H](O)[C@@H](N)[C@@H]1O. The lowest BCUT2D eigenvalue weighted by Gasteiger charge is -2.38. The van der Waals surface area contributed by atoms with Crippen LogP contribution in [0.5, 0.6) is 0 Å². The predicted octanol–water partition coefficient (Wildman–Crippen LogP) is -3.29. The van der Waals surface area contributed by atoms with Crippen LogP contribution in [0.4, 0.5) is 0 Å². The number of nitrogens with two attached hydrogens (primary N) is 2. The summed E-state index contributed by atoms with van der Waals surface area (Å²) in [5.41, 5.74) is 10.6. The van der Waals surface area contributed by atoms with Crippen LogP contribution in [0.2, 0.25) is 0 Å². The molecule has 6 heteroatoms. The van der Waals surface area contributed by atoms with Crippen LogP contribution in [-0.4, -0.2) is 52.5 Å². The first-order valence-corrected chi connectivity index (χ1v) is 3.73. The number of rotatable bonds is 1. The fourth-order valence-electron chi connectivity index (χ4n) is 1.18. The topological polar surface area (TPSA) is 122 Å². The average molecular weight is 178 g/mol. The number of ether oxygens (including phenoxy) is 1. The first kappa shape index (κ1) is 9.85. The van der Waals surface area contributed by atoms with Crippen molar-refractivity contribution in [3.63, 3.8) is 0 Å². The summed E-state index contributed by atoms with van der Waals surface area (Å²) < 4.78 is 4.78. The van der Waals surface area contributed by atoms with E-state index in [9.17, 15) is 5.11 Å². The molecular formula is C6H14N2O4. The van der Waals surface area contributed by atoms with E-state index in [2.05, 4.69) is 0 Å². The molecule has 1 fully saturated rings. The molecule has 0 bridgehead atoms. The summed E-state index contributed by atoms with van der Waals surface area (Å²) >= 11 is 0. The van der Waals surface area contributed by atoms with Crippen LogP contribution >= 0.6 is 0 Å². The Kier molecular flexibility index (Phi) is 2.99. The van der Waals surface area contributed by atoms with Gasteiger partial charge in [0, 0.05) is 6.54 Å². The summed E-state index contributed by atoms with van der Waals surface area (Å²) in [5.74, 6) is 0. The molecule has 0 radical (unpaired) electrons. The van der Waals surface area contributed by atoms with Crippen LogP contribution in [0.25, 0.3) is 0 Å². The van der Waals surface area contributed by atoms with Gasteiger partial charge in [-0.25, -0.2) is 0 Å². The molecule has 1 heterocycles. The molecule has 6 nitrogen and oxygen atoms in total. The molecule has 0 amide bonds. The maximum atomic E-state index is 9.32. The molecule has 1 rings (SSSR count). The molecular weight excluding hydrogens is 164 g/mol. The van der Waals surface area contributed by atoms with E-state index in [4.69, 9.17) is 26.4 Å². The van der Waals surface area contributed by atoms with Gasteiger partial charge >= 0.3 is 0 Å². The minimum atomic E-state index is -1.36. The van der Waals surface area contributed by atoms with Gasteiger partial charge in [0.05, 0.1) is 12.1 Å². The van der Waals surface area contributed by atoms with Crippen molar-refractivity contribution < 1.29 is 20.1 Å². The van der Waals surface area contributed by atoms with E-state index >= 15 is 0 Å². The Labute approximate surface area is 69.7 Å². The maximum absolute atomic E-state index is 9.32. The molecule has 1 aliphatic rings. The molecule has 12 heavy (non-hydrogen) atoms.